The van der Waals surface area contributed by atoms with Gasteiger partial charge in [0.05, 0.1) is 5.57 Å². The van der Waals surface area contributed by atoms with Crippen molar-refractivity contribution < 1.29 is 14.3 Å². The van der Waals surface area contributed by atoms with Gasteiger partial charge in [0.1, 0.15) is 22.7 Å². The zero-order valence-corrected chi connectivity index (χ0v) is 17.0. The topological polar surface area (TPSA) is 35.5 Å². The normalized spacial score (nSPS) is 30.7. The molecule has 0 unspecified atom stereocenters. The predicted octanol–water partition coefficient (Wildman–Crippen LogP) is 5.66. The Bertz CT molecular complexity index is 1140. The molecule has 1 fully saturated rings. The summed E-state index contributed by atoms with van der Waals surface area (Å²) in [6.45, 7) is 6.52. The number of ether oxygens (including phenoxy) is 2. The Morgan fingerprint density at radius 3 is 2.48 bits per heavy atom. The zero-order valence-electron chi connectivity index (χ0n) is 17.0. The first-order valence-electron chi connectivity index (χ1n) is 10.5. The summed E-state index contributed by atoms with van der Waals surface area (Å²) in [5.74, 6) is 2.08. The van der Waals surface area contributed by atoms with E-state index >= 15 is 0 Å². The zero-order chi connectivity index (χ0) is 20.0. The molecule has 2 heterocycles. The lowest BCUT2D eigenvalue weighted by atomic mass is 9.59. The number of ketones is 1. The molecule has 2 aromatic carbocycles. The molecule has 2 aliphatic carbocycles. The maximum absolute atomic E-state index is 13.5. The van der Waals surface area contributed by atoms with Crippen molar-refractivity contribution in [2.45, 2.75) is 44.8 Å². The number of Topliss-reactive ketones (excluding diaryl/α,β-unsaturated/α-hetero) is 1. The lowest BCUT2D eigenvalue weighted by Crippen LogP contribution is -2.53. The molecule has 0 spiro atoms. The van der Waals surface area contributed by atoms with Crippen LogP contribution in [0, 0.1) is 11.8 Å². The molecule has 0 bridgehead atoms. The van der Waals surface area contributed by atoms with Gasteiger partial charge in [-0.2, -0.15) is 0 Å². The maximum Gasteiger partial charge on any atom is 0.194 e. The molecule has 0 amide bonds. The van der Waals surface area contributed by atoms with Crippen molar-refractivity contribution in [3.63, 3.8) is 0 Å². The van der Waals surface area contributed by atoms with Crippen LogP contribution < -0.4 is 4.74 Å². The van der Waals surface area contributed by atoms with Crippen molar-refractivity contribution in [1.82, 2.24) is 0 Å². The predicted molar refractivity (Wildman–Crippen MR) is 113 cm³/mol. The highest BCUT2D eigenvalue weighted by molar-refractivity contribution is 6.20. The summed E-state index contributed by atoms with van der Waals surface area (Å²) in [5.41, 5.74) is 4.10. The number of rotatable bonds is 0. The summed E-state index contributed by atoms with van der Waals surface area (Å²) in [5, 5.41) is 0. The molecule has 29 heavy (non-hydrogen) atoms. The van der Waals surface area contributed by atoms with Crippen molar-refractivity contribution in [1.29, 1.82) is 0 Å². The summed E-state index contributed by atoms with van der Waals surface area (Å²) < 4.78 is 13.1. The molecule has 0 aromatic heterocycles. The van der Waals surface area contributed by atoms with Gasteiger partial charge in [-0.15, -0.1) is 0 Å². The Hall–Kier alpha value is -2.81. The Morgan fingerprint density at radius 2 is 1.66 bits per heavy atom. The number of carbonyl (C=O) groups excluding carboxylic acids is 1. The number of carbonyl (C=O) groups is 1. The third-order valence-electron chi connectivity index (χ3n) is 7.32. The van der Waals surface area contributed by atoms with Gasteiger partial charge in [-0.25, -0.2) is 0 Å². The molecular formula is C26H24O3. The van der Waals surface area contributed by atoms with Crippen LogP contribution in [0.5, 0.6) is 5.75 Å². The molecular weight excluding hydrogens is 360 g/mol. The number of fused-ring (bicyclic) bond motifs is 7. The third-order valence-corrected chi connectivity index (χ3v) is 7.32. The number of para-hydroxylation sites is 1. The fourth-order valence-electron chi connectivity index (χ4n) is 5.85. The minimum atomic E-state index is -0.393. The SMILES string of the molecule is CC1(C)OC2=C(C(=O)c3ccccc32)[C@H]2C3=Cc4ccccc4O[C@@]3(C)CC[C@H]21. The van der Waals surface area contributed by atoms with Gasteiger partial charge in [0, 0.05) is 28.5 Å². The molecule has 0 N–H and O–H groups in total. The number of hydrogen-bond donors (Lipinski definition) is 0. The van der Waals surface area contributed by atoms with Crippen molar-refractivity contribution in [3.05, 3.63) is 76.4 Å². The second-order valence-electron chi connectivity index (χ2n) is 9.42. The summed E-state index contributed by atoms with van der Waals surface area (Å²) >= 11 is 0. The van der Waals surface area contributed by atoms with Crippen LogP contribution in [-0.2, 0) is 4.74 Å². The van der Waals surface area contributed by atoms with E-state index in [2.05, 4.69) is 32.9 Å². The summed E-state index contributed by atoms with van der Waals surface area (Å²) in [7, 11) is 0. The van der Waals surface area contributed by atoms with Crippen molar-refractivity contribution in [3.8, 4) is 5.75 Å². The van der Waals surface area contributed by atoms with Gasteiger partial charge >= 0.3 is 0 Å². The van der Waals surface area contributed by atoms with Gasteiger partial charge in [0.15, 0.2) is 5.78 Å². The molecule has 4 aliphatic rings. The van der Waals surface area contributed by atoms with E-state index in [1.54, 1.807) is 0 Å². The molecule has 3 atom stereocenters. The second-order valence-corrected chi connectivity index (χ2v) is 9.42. The third kappa shape index (κ3) is 2.16. The monoisotopic (exact) mass is 384 g/mol. The average molecular weight is 384 g/mol. The second kappa shape index (κ2) is 5.41. The summed E-state index contributed by atoms with van der Waals surface area (Å²) in [6.07, 6.45) is 4.16. The molecule has 0 saturated heterocycles. The quantitative estimate of drug-likeness (QED) is 0.588. The molecule has 2 aliphatic heterocycles. The maximum atomic E-state index is 13.5. The average Bonchev–Trinajstić information content (AvgIpc) is 2.97. The van der Waals surface area contributed by atoms with Gasteiger partial charge in [-0.1, -0.05) is 42.5 Å². The lowest BCUT2D eigenvalue weighted by Gasteiger charge is -2.53. The van der Waals surface area contributed by atoms with Gasteiger partial charge in [0.25, 0.3) is 0 Å². The van der Waals surface area contributed by atoms with Crippen molar-refractivity contribution in [2.75, 3.05) is 0 Å². The highest BCUT2D eigenvalue weighted by Crippen LogP contribution is 2.59. The van der Waals surface area contributed by atoms with Gasteiger partial charge in [-0.3, -0.25) is 4.79 Å². The van der Waals surface area contributed by atoms with E-state index in [1.165, 1.54) is 5.57 Å². The van der Waals surface area contributed by atoms with Crippen LogP contribution in [0.25, 0.3) is 11.8 Å². The van der Waals surface area contributed by atoms with E-state index in [9.17, 15) is 4.79 Å². The van der Waals surface area contributed by atoms with E-state index < -0.39 is 5.60 Å². The van der Waals surface area contributed by atoms with Crippen LogP contribution in [0.15, 0.2) is 59.7 Å². The smallest absolute Gasteiger partial charge is 0.194 e. The van der Waals surface area contributed by atoms with Crippen LogP contribution in [0.4, 0.5) is 0 Å². The van der Waals surface area contributed by atoms with Crippen molar-refractivity contribution >= 4 is 17.6 Å². The first-order valence-corrected chi connectivity index (χ1v) is 10.5. The minimum Gasteiger partial charge on any atom is -0.486 e. The first-order chi connectivity index (χ1) is 13.9. The highest BCUT2D eigenvalue weighted by Gasteiger charge is 2.57. The van der Waals surface area contributed by atoms with Gasteiger partial charge < -0.3 is 9.47 Å². The molecule has 3 nitrogen and oxygen atoms in total. The van der Waals surface area contributed by atoms with Crippen LogP contribution in [-0.4, -0.2) is 17.0 Å². The number of hydrogen-bond acceptors (Lipinski definition) is 3. The van der Waals surface area contributed by atoms with Gasteiger partial charge in [-0.05, 0) is 51.3 Å². The molecule has 1 saturated carbocycles. The Morgan fingerprint density at radius 1 is 0.931 bits per heavy atom. The highest BCUT2D eigenvalue weighted by atomic mass is 16.5. The van der Waals surface area contributed by atoms with E-state index in [0.29, 0.717) is 0 Å². The fraction of sp³-hybridized carbons (Fsp3) is 0.346. The number of allylic oxidation sites excluding steroid dienone is 1. The van der Waals surface area contributed by atoms with Crippen LogP contribution in [0.3, 0.4) is 0 Å². The van der Waals surface area contributed by atoms with E-state index in [4.69, 9.17) is 9.47 Å². The minimum absolute atomic E-state index is 0.0146. The standard InChI is InChI=1S/C26H24O3/c1-25(2)18-12-13-26(3)19(14-15-8-4-7-11-20(15)28-26)21(18)22-23(27)16-9-5-6-10-17(16)24(22)29-25/h4-11,14,18,21H,12-13H2,1-3H3/t18-,21-,26+/m1/s1. The lowest BCUT2D eigenvalue weighted by molar-refractivity contribution is -0.0478. The van der Waals surface area contributed by atoms with Crippen LogP contribution in [0.2, 0.25) is 0 Å². The van der Waals surface area contributed by atoms with E-state index in [1.807, 2.05) is 42.5 Å². The van der Waals surface area contributed by atoms with E-state index in [0.717, 1.165) is 46.6 Å². The largest absolute Gasteiger partial charge is 0.486 e. The first kappa shape index (κ1) is 17.1. The van der Waals surface area contributed by atoms with Crippen molar-refractivity contribution in [2.24, 2.45) is 11.8 Å². The summed E-state index contributed by atoms with van der Waals surface area (Å²) in [4.78, 5) is 13.5. The molecule has 146 valence electrons. The molecule has 3 heteroatoms. The molecule has 2 aromatic rings. The Labute approximate surface area is 171 Å². The Kier molecular flexibility index (Phi) is 3.19. The number of benzene rings is 2. The molecule has 6 rings (SSSR count). The molecule has 0 radical (unpaired) electrons. The Balaban J connectivity index is 1.60. The van der Waals surface area contributed by atoms with Crippen LogP contribution in [0.1, 0.15) is 55.1 Å². The van der Waals surface area contributed by atoms with E-state index in [-0.39, 0.29) is 23.2 Å². The summed E-state index contributed by atoms with van der Waals surface area (Å²) in [6, 6.07) is 16.0. The van der Waals surface area contributed by atoms with Gasteiger partial charge in [0.2, 0.25) is 0 Å². The fourth-order valence-corrected chi connectivity index (χ4v) is 5.85. The van der Waals surface area contributed by atoms with Crippen LogP contribution >= 0.6 is 0 Å².